The fraction of sp³-hybridized carbons (Fsp3) is 0.200. The third-order valence-corrected chi connectivity index (χ3v) is 4.64. The minimum atomic E-state index is -4.63. The van der Waals surface area contributed by atoms with Gasteiger partial charge in [-0.25, -0.2) is 9.13 Å². The van der Waals surface area contributed by atoms with Crippen LogP contribution in [0.4, 0.5) is 0 Å². The van der Waals surface area contributed by atoms with Crippen LogP contribution in [-0.4, -0.2) is 26.2 Å². The van der Waals surface area contributed by atoms with Gasteiger partial charge in [0.2, 0.25) is 0 Å². The Balaban J connectivity index is 1.72. The second-order valence-corrected chi connectivity index (χ2v) is 8.04. The monoisotopic (exact) mass is 402 g/mol. The molecule has 140 valence electrons. The van der Waals surface area contributed by atoms with E-state index in [1.54, 1.807) is 18.2 Å². The van der Waals surface area contributed by atoms with Gasteiger partial charge in [-0.05, 0) is 35.7 Å². The van der Waals surface area contributed by atoms with Crippen LogP contribution in [0.25, 0.3) is 0 Å². The third kappa shape index (κ3) is 5.08. The van der Waals surface area contributed by atoms with Gasteiger partial charge in [-0.1, -0.05) is 18.2 Å². The van der Waals surface area contributed by atoms with Crippen molar-refractivity contribution in [1.29, 1.82) is 0 Å². The molecule has 0 spiro atoms. The van der Waals surface area contributed by atoms with E-state index in [2.05, 4.69) is 9.05 Å². The molecule has 9 nitrogen and oxygen atoms in total. The van der Waals surface area contributed by atoms with Gasteiger partial charge in [0.05, 0.1) is 6.61 Å². The highest BCUT2D eigenvalue weighted by Crippen LogP contribution is 2.42. The first-order valence-electron chi connectivity index (χ1n) is 7.45. The smallest absolute Gasteiger partial charge is 0.493 e. The average Bonchev–Trinajstić information content (AvgIpc) is 2.52. The van der Waals surface area contributed by atoms with Gasteiger partial charge in [0.1, 0.15) is 17.2 Å². The maximum atomic E-state index is 10.9. The summed E-state index contributed by atoms with van der Waals surface area (Å²) in [5.74, 6) is 0.599. The molecular formula is C15H16O9P2. The molecule has 1 heterocycles. The maximum absolute atomic E-state index is 10.9. The Labute approximate surface area is 148 Å². The SMILES string of the molecule is O=P(O)(O)Oc1ccc(C2COc3cc(OP(=O)(O)O)ccc3C2)cc1. The minimum Gasteiger partial charge on any atom is -0.493 e. The number of phosphoric ester groups is 2. The van der Waals surface area contributed by atoms with Crippen molar-refractivity contribution in [3.8, 4) is 17.2 Å². The molecule has 0 radical (unpaired) electrons. The Morgan fingerprint density at radius 3 is 2.08 bits per heavy atom. The molecule has 0 fully saturated rings. The van der Waals surface area contributed by atoms with E-state index in [0.717, 1.165) is 11.1 Å². The van der Waals surface area contributed by atoms with Gasteiger partial charge in [0.25, 0.3) is 0 Å². The first-order chi connectivity index (χ1) is 12.1. The fourth-order valence-electron chi connectivity index (χ4n) is 2.70. The highest BCUT2D eigenvalue weighted by molar-refractivity contribution is 7.47. The highest BCUT2D eigenvalue weighted by Gasteiger charge is 2.24. The lowest BCUT2D eigenvalue weighted by atomic mass is 9.90. The van der Waals surface area contributed by atoms with E-state index in [1.807, 2.05) is 0 Å². The summed E-state index contributed by atoms with van der Waals surface area (Å²) in [6.45, 7) is 0.338. The van der Waals surface area contributed by atoms with E-state index >= 15 is 0 Å². The van der Waals surface area contributed by atoms with Crippen LogP contribution < -0.4 is 13.8 Å². The molecule has 3 rings (SSSR count). The number of rotatable bonds is 5. The van der Waals surface area contributed by atoms with Crippen molar-refractivity contribution >= 4 is 15.6 Å². The summed E-state index contributed by atoms with van der Waals surface area (Å²) >= 11 is 0. The summed E-state index contributed by atoms with van der Waals surface area (Å²) in [6, 6.07) is 10.9. The van der Waals surface area contributed by atoms with Gasteiger partial charge in [0, 0.05) is 12.0 Å². The van der Waals surface area contributed by atoms with Crippen LogP contribution in [0.1, 0.15) is 17.0 Å². The number of benzene rings is 2. The summed E-state index contributed by atoms with van der Waals surface area (Å²) in [4.78, 5) is 35.3. The van der Waals surface area contributed by atoms with Crippen molar-refractivity contribution in [2.75, 3.05) is 6.61 Å². The molecule has 1 aliphatic heterocycles. The number of hydrogen-bond donors (Lipinski definition) is 4. The molecule has 2 aromatic rings. The van der Waals surface area contributed by atoms with E-state index in [1.165, 1.54) is 24.3 Å². The Morgan fingerprint density at radius 2 is 1.46 bits per heavy atom. The second-order valence-electron chi connectivity index (χ2n) is 5.71. The Kier molecular flexibility index (Phi) is 5.12. The predicted molar refractivity (Wildman–Crippen MR) is 90.2 cm³/mol. The molecule has 2 aromatic carbocycles. The summed E-state index contributed by atoms with van der Waals surface area (Å²) in [6.07, 6.45) is 0.629. The largest absolute Gasteiger partial charge is 0.524 e. The first kappa shape index (κ1) is 18.9. The molecule has 11 heteroatoms. The predicted octanol–water partition coefficient (Wildman–Crippen LogP) is 2.35. The first-order valence-corrected chi connectivity index (χ1v) is 10.5. The summed E-state index contributed by atoms with van der Waals surface area (Å²) < 4.78 is 36.4. The topological polar surface area (TPSA) is 143 Å². The van der Waals surface area contributed by atoms with E-state index in [-0.39, 0.29) is 17.4 Å². The van der Waals surface area contributed by atoms with Crippen LogP contribution in [0.15, 0.2) is 42.5 Å². The molecule has 1 aliphatic rings. The lowest BCUT2D eigenvalue weighted by Crippen LogP contribution is -2.19. The zero-order chi connectivity index (χ0) is 18.9. The van der Waals surface area contributed by atoms with Gasteiger partial charge < -0.3 is 13.8 Å². The van der Waals surface area contributed by atoms with Crippen LogP contribution >= 0.6 is 15.6 Å². The molecule has 0 saturated heterocycles. The van der Waals surface area contributed by atoms with Crippen LogP contribution in [0, 0.1) is 0 Å². The van der Waals surface area contributed by atoms with Crippen molar-refractivity contribution in [2.24, 2.45) is 0 Å². The number of ether oxygens (including phenoxy) is 1. The van der Waals surface area contributed by atoms with E-state index in [9.17, 15) is 9.13 Å². The van der Waals surface area contributed by atoms with Crippen LogP contribution in [-0.2, 0) is 15.6 Å². The lowest BCUT2D eigenvalue weighted by Gasteiger charge is -2.26. The van der Waals surface area contributed by atoms with Gasteiger partial charge in [-0.3, -0.25) is 19.6 Å². The standard InChI is InChI=1S/C15H16O9P2/c16-25(17,18)23-13-4-1-10(2-5-13)12-7-11-3-6-14(24-26(19,20)21)8-15(11)22-9-12/h1-6,8,12H,7,9H2,(H2,16,17,18)(H2,19,20,21). The van der Waals surface area contributed by atoms with Crippen LogP contribution in [0.5, 0.6) is 17.2 Å². The lowest BCUT2D eigenvalue weighted by molar-refractivity contribution is 0.259. The number of fused-ring (bicyclic) bond motifs is 1. The molecular weight excluding hydrogens is 386 g/mol. The highest BCUT2D eigenvalue weighted by atomic mass is 31.2. The second kappa shape index (κ2) is 7.04. The summed E-state index contributed by atoms with van der Waals surface area (Å²) in [5, 5.41) is 0. The molecule has 1 unspecified atom stereocenters. The zero-order valence-electron chi connectivity index (χ0n) is 13.3. The van der Waals surface area contributed by atoms with Crippen molar-refractivity contribution in [1.82, 2.24) is 0 Å². The van der Waals surface area contributed by atoms with Crippen molar-refractivity contribution in [3.05, 3.63) is 53.6 Å². The minimum absolute atomic E-state index is 0.0140. The Hall–Kier alpha value is -1.86. The van der Waals surface area contributed by atoms with E-state index < -0.39 is 15.6 Å². The zero-order valence-corrected chi connectivity index (χ0v) is 15.0. The van der Waals surface area contributed by atoms with Crippen molar-refractivity contribution < 1.29 is 42.5 Å². The molecule has 0 aliphatic carbocycles. The fourth-order valence-corrected chi connectivity index (χ4v) is 3.48. The maximum Gasteiger partial charge on any atom is 0.524 e. The normalized spacial score (nSPS) is 17.2. The third-order valence-electron chi connectivity index (χ3n) is 3.75. The number of phosphoric acid groups is 2. The Bertz CT molecular complexity index is 884. The average molecular weight is 402 g/mol. The quantitative estimate of drug-likeness (QED) is 0.554. The van der Waals surface area contributed by atoms with E-state index in [4.69, 9.17) is 24.3 Å². The molecule has 0 aromatic heterocycles. The van der Waals surface area contributed by atoms with Crippen LogP contribution in [0.3, 0.4) is 0 Å². The molecule has 0 amide bonds. The molecule has 26 heavy (non-hydrogen) atoms. The van der Waals surface area contributed by atoms with Gasteiger partial charge in [-0.2, -0.15) is 0 Å². The molecule has 0 bridgehead atoms. The van der Waals surface area contributed by atoms with Crippen molar-refractivity contribution in [3.63, 3.8) is 0 Å². The summed E-state index contributed by atoms with van der Waals surface area (Å²) in [5.41, 5.74) is 1.76. The molecule has 0 saturated carbocycles. The van der Waals surface area contributed by atoms with Crippen LogP contribution in [0.2, 0.25) is 0 Å². The van der Waals surface area contributed by atoms with E-state index in [0.29, 0.717) is 18.8 Å². The molecule has 4 N–H and O–H groups in total. The Morgan fingerprint density at radius 1 is 0.885 bits per heavy atom. The summed E-state index contributed by atoms with van der Waals surface area (Å²) in [7, 11) is -9.22. The number of hydrogen-bond acceptors (Lipinski definition) is 5. The van der Waals surface area contributed by atoms with Gasteiger partial charge in [0.15, 0.2) is 0 Å². The van der Waals surface area contributed by atoms with Gasteiger partial charge in [-0.15, -0.1) is 0 Å². The van der Waals surface area contributed by atoms with Crippen molar-refractivity contribution in [2.45, 2.75) is 12.3 Å². The van der Waals surface area contributed by atoms with Gasteiger partial charge >= 0.3 is 15.6 Å². The molecule has 1 atom stereocenters.